The van der Waals surface area contributed by atoms with Gasteiger partial charge < -0.3 is 19.4 Å². The van der Waals surface area contributed by atoms with E-state index in [1.54, 1.807) is 0 Å². The van der Waals surface area contributed by atoms with E-state index in [9.17, 15) is 19.0 Å². The Morgan fingerprint density at radius 2 is 0.908 bits per heavy atom. The number of hydrogen-bond donors (Lipinski definition) is 2. The zero-order chi connectivity index (χ0) is 55.7. The average molecular weight is 1080 g/mol. The highest BCUT2D eigenvalue weighted by atomic mass is 31.2. The topological polar surface area (TPSA) is 111 Å². The molecule has 434 valence electrons. The number of amides is 1. The molecule has 76 heavy (non-hydrogen) atoms. The van der Waals surface area contributed by atoms with Crippen LogP contribution in [0.4, 0.5) is 0 Å². The molecule has 3 atom stereocenters. The summed E-state index contributed by atoms with van der Waals surface area (Å²) in [5.74, 6) is -0.555. The van der Waals surface area contributed by atoms with E-state index in [4.69, 9.17) is 13.8 Å². The number of esters is 1. The quantitative estimate of drug-likeness (QED) is 0.0156. The van der Waals surface area contributed by atoms with Crippen molar-refractivity contribution in [3.05, 3.63) is 122 Å². The smallest absolute Gasteiger partial charge is 0.456 e. The van der Waals surface area contributed by atoms with Crippen LogP contribution >= 0.6 is 7.82 Å². The highest BCUT2D eigenvalue weighted by molar-refractivity contribution is 7.47. The summed E-state index contributed by atoms with van der Waals surface area (Å²) in [4.78, 5) is 37.6. The fourth-order valence-electron chi connectivity index (χ4n) is 8.06. The van der Waals surface area contributed by atoms with Crippen LogP contribution in [-0.4, -0.2) is 74.3 Å². The van der Waals surface area contributed by atoms with Gasteiger partial charge in [-0.15, -0.1) is 0 Å². The summed E-state index contributed by atoms with van der Waals surface area (Å²) in [5.41, 5.74) is 0. The summed E-state index contributed by atoms with van der Waals surface area (Å²) in [7, 11) is 1.45. The summed E-state index contributed by atoms with van der Waals surface area (Å²) in [6.07, 6.45) is 76.3. The molecule has 1 amide bonds. The number of nitrogens with zero attached hydrogens (tertiary/aromatic N) is 1. The maximum Gasteiger partial charge on any atom is 0.472 e. The van der Waals surface area contributed by atoms with Crippen molar-refractivity contribution in [2.75, 3.05) is 40.9 Å². The Labute approximate surface area is 467 Å². The lowest BCUT2D eigenvalue weighted by Gasteiger charge is -2.27. The minimum Gasteiger partial charge on any atom is -0.456 e. The molecule has 0 aliphatic rings. The second-order valence-corrected chi connectivity index (χ2v) is 22.6. The van der Waals surface area contributed by atoms with Gasteiger partial charge in [0.15, 0.2) is 0 Å². The number of unbranched alkanes of at least 4 members (excludes halogenated alkanes) is 21. The van der Waals surface area contributed by atoms with Crippen LogP contribution in [0.2, 0.25) is 0 Å². The number of carbonyl (C=O) groups is 2. The van der Waals surface area contributed by atoms with Crippen molar-refractivity contribution in [1.29, 1.82) is 0 Å². The standard InChI is InChI=1S/C66H113N2O7P/c1-7-10-13-16-19-22-25-28-29-30-31-32-33-34-35-36-37-38-39-41-43-46-49-52-55-58-65(69)67-63(62-74-76(71,72)73-61-60-68(4,5)6)64(57-54-51-48-45-42-27-24-21-18-15-12-9-3)75-66(70)59-56-53-50-47-44-40-26-23-20-17-14-11-8-2/h10-11,13-14,17,19-20,22-23,26,28-29,31-32,34-35,37-38,54,57,63-64H,7-9,12,15-16,18,21,24-25,27,30,33,36,39-53,55-56,58-62H2,1-6H3,(H-,67,69,71,72)/p+1/b13-10-,14-11+,20-17+,22-19-,26-23-,29-28-,32-31-,35-34-,38-37-,57-54-. The van der Waals surface area contributed by atoms with Crippen molar-refractivity contribution < 1.29 is 37.3 Å². The van der Waals surface area contributed by atoms with Gasteiger partial charge in [0.2, 0.25) is 5.91 Å². The Bertz CT molecular complexity index is 1720. The van der Waals surface area contributed by atoms with Crippen LogP contribution in [0.1, 0.15) is 233 Å². The van der Waals surface area contributed by atoms with E-state index in [0.29, 0.717) is 23.9 Å². The van der Waals surface area contributed by atoms with E-state index < -0.39 is 20.0 Å². The molecule has 0 spiro atoms. The minimum atomic E-state index is -4.46. The van der Waals surface area contributed by atoms with Gasteiger partial charge in [-0.1, -0.05) is 239 Å². The zero-order valence-electron chi connectivity index (χ0n) is 49.4. The first-order chi connectivity index (χ1) is 36.9. The van der Waals surface area contributed by atoms with Gasteiger partial charge >= 0.3 is 13.8 Å². The van der Waals surface area contributed by atoms with Crippen LogP contribution in [0.5, 0.6) is 0 Å². The lowest BCUT2D eigenvalue weighted by atomic mass is 10.0. The third-order valence-corrected chi connectivity index (χ3v) is 13.7. The third kappa shape index (κ3) is 55.2. The Hall–Kier alpha value is -3.59. The fourth-order valence-corrected chi connectivity index (χ4v) is 8.80. The number of allylic oxidation sites excluding steroid dienone is 19. The predicted octanol–water partition coefficient (Wildman–Crippen LogP) is 18.7. The number of phosphoric acid groups is 1. The number of hydrogen-bond acceptors (Lipinski definition) is 6. The number of rotatable bonds is 53. The monoisotopic (exact) mass is 1080 g/mol. The second kappa shape index (κ2) is 54.8. The molecule has 0 aromatic heterocycles. The van der Waals surface area contributed by atoms with Crippen LogP contribution in [0.15, 0.2) is 122 Å². The second-order valence-electron chi connectivity index (χ2n) is 21.2. The van der Waals surface area contributed by atoms with Gasteiger partial charge in [0.25, 0.3) is 0 Å². The maximum atomic E-state index is 13.5. The molecule has 0 aromatic rings. The number of carbonyl (C=O) groups excluding carboxylic acids is 2. The number of likely N-dealkylation sites (N-methyl/N-ethyl adjacent to an activating group) is 1. The Morgan fingerprint density at radius 3 is 1.41 bits per heavy atom. The van der Waals surface area contributed by atoms with Crippen LogP contribution < -0.4 is 5.32 Å². The molecule has 10 heteroatoms. The van der Waals surface area contributed by atoms with Gasteiger partial charge in [-0.3, -0.25) is 18.6 Å². The number of ether oxygens (including phenoxy) is 1. The van der Waals surface area contributed by atoms with Crippen LogP contribution in [0.3, 0.4) is 0 Å². The molecule has 0 saturated heterocycles. The average Bonchev–Trinajstić information content (AvgIpc) is 3.38. The molecule has 3 unspecified atom stereocenters. The van der Waals surface area contributed by atoms with Crippen molar-refractivity contribution in [3.8, 4) is 0 Å². The van der Waals surface area contributed by atoms with Gasteiger partial charge in [0.1, 0.15) is 19.3 Å². The SMILES string of the molecule is CC/C=C\C/C=C\C/C=C\C/C=C\C/C=C\C/C=C\CCCCCCCCC(=O)NC(COP(=O)(O)OCC[N+](C)(C)C)C(/C=C\CCCCCCCCCCCC)OC(=O)CCCCCCC\C=C/C=C/C=C/CC. The normalized spacial score (nSPS) is 14.6. The summed E-state index contributed by atoms with van der Waals surface area (Å²) in [6.45, 7) is 6.72. The molecule has 0 aromatic carbocycles. The fraction of sp³-hybridized carbons (Fsp3) is 0.667. The molecular weight excluding hydrogens is 964 g/mol. The molecule has 0 aliphatic heterocycles. The number of nitrogens with one attached hydrogen (secondary N) is 1. The van der Waals surface area contributed by atoms with E-state index in [0.717, 1.165) is 141 Å². The summed E-state index contributed by atoms with van der Waals surface area (Å²) in [5, 5.41) is 3.04. The maximum absolute atomic E-state index is 13.5. The van der Waals surface area contributed by atoms with E-state index in [1.807, 2.05) is 33.3 Å². The molecule has 2 N–H and O–H groups in total. The molecule has 0 radical (unpaired) electrons. The summed E-state index contributed by atoms with van der Waals surface area (Å²) in [6, 6.07) is -0.873. The Balaban J connectivity index is 5.24. The van der Waals surface area contributed by atoms with E-state index in [1.165, 1.54) is 51.4 Å². The first-order valence-corrected chi connectivity index (χ1v) is 31.9. The number of phosphoric ester groups is 1. The van der Waals surface area contributed by atoms with Gasteiger partial charge in [-0.05, 0) is 102 Å². The molecule has 0 bridgehead atoms. The van der Waals surface area contributed by atoms with Crippen molar-refractivity contribution in [2.45, 2.75) is 245 Å². The molecule has 0 saturated carbocycles. The van der Waals surface area contributed by atoms with Crippen molar-refractivity contribution in [3.63, 3.8) is 0 Å². The molecule has 0 rings (SSSR count). The zero-order valence-corrected chi connectivity index (χ0v) is 50.3. The molecule has 0 fully saturated rings. The van der Waals surface area contributed by atoms with Crippen LogP contribution in [0, 0.1) is 0 Å². The predicted molar refractivity (Wildman–Crippen MR) is 327 cm³/mol. The molecule has 0 aliphatic carbocycles. The first kappa shape index (κ1) is 72.4. The van der Waals surface area contributed by atoms with Crippen LogP contribution in [0.25, 0.3) is 0 Å². The Morgan fingerprint density at radius 1 is 0.487 bits per heavy atom. The lowest BCUT2D eigenvalue weighted by molar-refractivity contribution is -0.870. The third-order valence-electron chi connectivity index (χ3n) is 12.7. The molecule has 9 nitrogen and oxygen atoms in total. The van der Waals surface area contributed by atoms with E-state index in [-0.39, 0.29) is 31.5 Å². The lowest BCUT2D eigenvalue weighted by Crippen LogP contribution is -2.47. The molecular formula is C66H114N2O7P+. The van der Waals surface area contributed by atoms with Gasteiger partial charge in [-0.25, -0.2) is 4.57 Å². The van der Waals surface area contributed by atoms with E-state index in [2.05, 4.69) is 135 Å². The largest absolute Gasteiger partial charge is 0.472 e. The highest BCUT2D eigenvalue weighted by Crippen LogP contribution is 2.43. The van der Waals surface area contributed by atoms with Crippen molar-refractivity contribution in [1.82, 2.24) is 5.32 Å². The highest BCUT2D eigenvalue weighted by Gasteiger charge is 2.30. The van der Waals surface area contributed by atoms with Crippen molar-refractivity contribution >= 4 is 19.7 Å². The summed E-state index contributed by atoms with van der Waals surface area (Å²) < 4.78 is 30.6. The minimum absolute atomic E-state index is 0.0268. The van der Waals surface area contributed by atoms with Crippen molar-refractivity contribution in [2.24, 2.45) is 0 Å². The van der Waals surface area contributed by atoms with E-state index >= 15 is 0 Å². The Kier molecular flexibility index (Phi) is 52.2. The molecule has 0 heterocycles. The van der Waals surface area contributed by atoms with Crippen LogP contribution in [-0.2, 0) is 27.9 Å². The first-order valence-electron chi connectivity index (χ1n) is 30.4. The number of quaternary nitrogens is 1. The van der Waals surface area contributed by atoms with Gasteiger partial charge in [0, 0.05) is 12.8 Å². The van der Waals surface area contributed by atoms with Gasteiger partial charge in [0.05, 0.1) is 33.8 Å². The summed E-state index contributed by atoms with van der Waals surface area (Å²) >= 11 is 0. The van der Waals surface area contributed by atoms with Gasteiger partial charge in [-0.2, -0.15) is 0 Å².